The molecule has 1 N–H and O–H groups in total. The van der Waals surface area contributed by atoms with Gasteiger partial charge in [-0.1, -0.05) is 22.0 Å². The Morgan fingerprint density at radius 2 is 2.20 bits per heavy atom. The van der Waals surface area contributed by atoms with Crippen molar-refractivity contribution in [3.8, 4) is 0 Å². The minimum absolute atomic E-state index is 0.0861. The third-order valence-corrected chi connectivity index (χ3v) is 3.50. The number of likely N-dealkylation sites (tertiary alicyclic amines) is 1. The van der Waals surface area contributed by atoms with Crippen LogP contribution in [0, 0.1) is 0 Å². The van der Waals surface area contributed by atoms with Gasteiger partial charge < -0.3 is 5.11 Å². The van der Waals surface area contributed by atoms with Crippen LogP contribution in [0.3, 0.4) is 0 Å². The van der Waals surface area contributed by atoms with E-state index >= 15 is 0 Å². The van der Waals surface area contributed by atoms with Crippen molar-refractivity contribution in [2.24, 2.45) is 4.99 Å². The summed E-state index contributed by atoms with van der Waals surface area (Å²) < 4.78 is 0. The Balaban J connectivity index is 1.80. The van der Waals surface area contributed by atoms with Crippen LogP contribution >= 0.6 is 15.9 Å². The molecule has 0 aromatic carbocycles. The van der Waals surface area contributed by atoms with E-state index in [2.05, 4.69) is 38.0 Å². The number of alkyl halides is 1. The van der Waals surface area contributed by atoms with Gasteiger partial charge in [-0.2, -0.15) is 0 Å². The van der Waals surface area contributed by atoms with E-state index in [4.69, 9.17) is 0 Å². The predicted molar refractivity (Wildman–Crippen MR) is 65.8 cm³/mol. The predicted octanol–water partition coefficient (Wildman–Crippen LogP) is 1.22. The fraction of sp³-hybridized carbons (Fsp3) is 0.727. The summed E-state index contributed by atoms with van der Waals surface area (Å²) in [4.78, 5) is 7.27. The van der Waals surface area contributed by atoms with Gasteiger partial charge in [-0.25, -0.2) is 0 Å². The van der Waals surface area contributed by atoms with Crippen molar-refractivity contribution in [1.82, 2.24) is 4.90 Å². The van der Waals surface area contributed by atoms with Gasteiger partial charge in [0, 0.05) is 25.3 Å². The van der Waals surface area contributed by atoms with E-state index in [0.717, 1.165) is 39.0 Å². The second kappa shape index (κ2) is 5.23. The highest BCUT2D eigenvalue weighted by molar-refractivity contribution is 9.09. The molecular formula is C11H17BrN2O. The van der Waals surface area contributed by atoms with Crippen LogP contribution in [0.5, 0.6) is 0 Å². The molecule has 1 saturated heterocycles. The molecule has 0 amide bonds. The lowest BCUT2D eigenvalue weighted by atomic mass is 10.1. The Morgan fingerprint density at radius 1 is 1.47 bits per heavy atom. The fourth-order valence-corrected chi connectivity index (χ4v) is 2.24. The molecule has 2 aliphatic heterocycles. The molecule has 0 bridgehead atoms. The molecule has 0 aliphatic carbocycles. The van der Waals surface area contributed by atoms with Gasteiger partial charge >= 0.3 is 0 Å². The van der Waals surface area contributed by atoms with Crippen molar-refractivity contribution < 1.29 is 5.11 Å². The Hall–Kier alpha value is -0.190. The van der Waals surface area contributed by atoms with Crippen LogP contribution in [0.2, 0.25) is 0 Å². The second-order valence-corrected chi connectivity index (χ2v) is 5.39. The third kappa shape index (κ3) is 3.40. The number of hydrogen-bond acceptors (Lipinski definition) is 3. The van der Waals surface area contributed by atoms with Gasteiger partial charge in [0.2, 0.25) is 0 Å². The number of piperidine rings is 1. The number of aliphatic hydroxyl groups is 1. The molecule has 2 aliphatic rings. The van der Waals surface area contributed by atoms with Crippen molar-refractivity contribution in [2.45, 2.75) is 23.8 Å². The minimum atomic E-state index is -0.0861. The van der Waals surface area contributed by atoms with Crippen LogP contribution in [-0.2, 0) is 0 Å². The maximum Gasteiger partial charge on any atom is 0.0564 e. The van der Waals surface area contributed by atoms with Crippen LogP contribution in [0.25, 0.3) is 0 Å². The number of dihydropyridines is 1. The molecule has 1 fully saturated rings. The summed E-state index contributed by atoms with van der Waals surface area (Å²) >= 11 is 3.51. The summed E-state index contributed by atoms with van der Waals surface area (Å²) in [5.74, 6) is 0. The number of nitrogens with zero attached hydrogens (tertiary/aromatic N) is 2. The van der Waals surface area contributed by atoms with Crippen LogP contribution in [0.15, 0.2) is 17.1 Å². The average Bonchev–Trinajstić information content (AvgIpc) is 2.25. The number of halogens is 1. The lowest BCUT2D eigenvalue weighted by molar-refractivity contribution is 0.0898. The number of aliphatic hydroxyl groups excluding tert-OH is 1. The smallest absolute Gasteiger partial charge is 0.0564 e. The molecule has 1 atom stereocenters. The number of aliphatic imine (C=N–C) groups is 1. The van der Waals surface area contributed by atoms with Gasteiger partial charge in [-0.3, -0.25) is 9.89 Å². The average molecular weight is 273 g/mol. The second-order valence-electron chi connectivity index (χ2n) is 4.21. The first-order valence-electron chi connectivity index (χ1n) is 5.50. The van der Waals surface area contributed by atoms with Gasteiger partial charge in [-0.05, 0) is 18.9 Å². The summed E-state index contributed by atoms with van der Waals surface area (Å²) in [6, 6.07) is 0. The van der Waals surface area contributed by atoms with Crippen molar-refractivity contribution in [3.63, 3.8) is 0 Å². The standard InChI is InChI=1S/C11H17BrN2O/c12-9-1-2-10(13-7-9)8-14-5-3-11(15)4-6-14/h1-2,9,11,15H,3-8H2/t9-/m1/s1. The summed E-state index contributed by atoms with van der Waals surface area (Å²) in [6.07, 6.45) is 5.97. The molecule has 0 unspecified atom stereocenters. The summed E-state index contributed by atoms with van der Waals surface area (Å²) in [6.45, 7) is 3.77. The van der Waals surface area contributed by atoms with Crippen molar-refractivity contribution >= 4 is 21.6 Å². The number of hydrogen-bond donors (Lipinski definition) is 1. The Morgan fingerprint density at radius 3 is 2.80 bits per heavy atom. The molecule has 4 heteroatoms. The Labute approximate surface area is 99.0 Å². The van der Waals surface area contributed by atoms with E-state index in [1.54, 1.807) is 0 Å². The normalized spacial score (nSPS) is 29.2. The first-order chi connectivity index (χ1) is 7.24. The molecule has 0 aromatic rings. The number of rotatable bonds is 2. The van der Waals surface area contributed by atoms with Crippen LogP contribution in [0.1, 0.15) is 12.8 Å². The minimum Gasteiger partial charge on any atom is -0.393 e. The van der Waals surface area contributed by atoms with E-state index in [1.165, 1.54) is 5.71 Å². The van der Waals surface area contributed by atoms with Gasteiger partial charge in [0.25, 0.3) is 0 Å². The maximum absolute atomic E-state index is 9.39. The molecule has 2 rings (SSSR count). The van der Waals surface area contributed by atoms with E-state index < -0.39 is 0 Å². The molecule has 3 nitrogen and oxygen atoms in total. The Bertz CT molecular complexity index is 270. The Kier molecular flexibility index (Phi) is 3.94. The molecule has 2 heterocycles. The van der Waals surface area contributed by atoms with Gasteiger partial charge in [0.05, 0.1) is 17.5 Å². The van der Waals surface area contributed by atoms with Crippen molar-refractivity contribution in [1.29, 1.82) is 0 Å². The van der Waals surface area contributed by atoms with E-state index in [1.807, 2.05) is 0 Å². The van der Waals surface area contributed by atoms with Gasteiger partial charge in [-0.15, -0.1) is 0 Å². The monoisotopic (exact) mass is 272 g/mol. The van der Waals surface area contributed by atoms with Gasteiger partial charge in [0.15, 0.2) is 0 Å². The zero-order valence-electron chi connectivity index (χ0n) is 8.77. The van der Waals surface area contributed by atoms with E-state index in [-0.39, 0.29) is 6.10 Å². The highest BCUT2D eigenvalue weighted by Crippen LogP contribution is 2.12. The molecule has 0 aromatic heterocycles. The third-order valence-electron chi connectivity index (χ3n) is 2.91. The van der Waals surface area contributed by atoms with Crippen LogP contribution < -0.4 is 0 Å². The molecule has 0 spiro atoms. The highest BCUT2D eigenvalue weighted by atomic mass is 79.9. The fourth-order valence-electron chi connectivity index (χ4n) is 1.94. The molecule has 15 heavy (non-hydrogen) atoms. The first-order valence-corrected chi connectivity index (χ1v) is 6.41. The topological polar surface area (TPSA) is 35.8 Å². The quantitative estimate of drug-likeness (QED) is 0.768. The lowest BCUT2D eigenvalue weighted by Crippen LogP contribution is -2.39. The van der Waals surface area contributed by atoms with Crippen molar-refractivity contribution in [3.05, 3.63) is 12.2 Å². The molecule has 0 radical (unpaired) electrons. The van der Waals surface area contributed by atoms with Crippen LogP contribution in [0.4, 0.5) is 0 Å². The molecular weight excluding hydrogens is 256 g/mol. The van der Waals surface area contributed by atoms with Crippen LogP contribution in [-0.4, -0.2) is 52.8 Å². The summed E-state index contributed by atoms with van der Waals surface area (Å²) in [5.41, 5.74) is 1.17. The zero-order valence-corrected chi connectivity index (χ0v) is 10.4. The van der Waals surface area contributed by atoms with Crippen molar-refractivity contribution in [2.75, 3.05) is 26.2 Å². The summed E-state index contributed by atoms with van der Waals surface area (Å²) in [7, 11) is 0. The summed E-state index contributed by atoms with van der Waals surface area (Å²) in [5, 5.41) is 9.39. The highest BCUT2D eigenvalue weighted by Gasteiger charge is 2.18. The van der Waals surface area contributed by atoms with E-state index in [0.29, 0.717) is 4.83 Å². The molecule has 0 saturated carbocycles. The first kappa shape index (κ1) is 11.3. The maximum atomic E-state index is 9.39. The SMILES string of the molecule is OC1CCN(CC2=NC[C@H](Br)C=C2)CC1. The lowest BCUT2D eigenvalue weighted by Gasteiger charge is -2.29. The van der Waals surface area contributed by atoms with Gasteiger partial charge in [0.1, 0.15) is 0 Å². The zero-order chi connectivity index (χ0) is 10.7. The van der Waals surface area contributed by atoms with E-state index in [9.17, 15) is 5.11 Å². The largest absolute Gasteiger partial charge is 0.393 e. The molecule has 84 valence electrons.